The molecule has 0 bridgehead atoms. The first kappa shape index (κ1) is 19.5. The Kier molecular flexibility index (Phi) is 5.68. The van der Waals surface area contributed by atoms with Gasteiger partial charge in [0.05, 0.1) is 6.21 Å². The first-order valence-corrected chi connectivity index (χ1v) is 7.40. The third-order valence-corrected chi connectivity index (χ3v) is 3.69. The van der Waals surface area contributed by atoms with Crippen LogP contribution in [0.25, 0.3) is 0 Å². The number of hydrazone groups is 1. The summed E-state index contributed by atoms with van der Waals surface area (Å²) in [4.78, 5) is 24.0. The van der Waals surface area contributed by atoms with E-state index >= 15 is 0 Å². The molecule has 3 amide bonds. The minimum absolute atomic E-state index is 0.0717. The molecule has 1 aliphatic rings. The molecular weight excluding hydrogens is 362 g/mol. The average Bonchev–Trinajstić information content (AvgIpc) is 2.76. The van der Waals surface area contributed by atoms with Crippen molar-refractivity contribution in [3.05, 3.63) is 23.8 Å². The van der Waals surface area contributed by atoms with E-state index in [1.54, 1.807) is 6.92 Å². The van der Waals surface area contributed by atoms with Crippen LogP contribution in [0, 0.1) is 0 Å². The number of hydrogen-bond acceptors (Lipinski definition) is 5. The van der Waals surface area contributed by atoms with Crippen molar-refractivity contribution >= 4 is 18.2 Å². The minimum atomic E-state index is -3.23. The second kappa shape index (κ2) is 7.58. The number of imide groups is 1. The van der Waals surface area contributed by atoms with Crippen molar-refractivity contribution in [1.82, 2.24) is 10.3 Å². The number of nitrogens with zero attached hydrogens (tertiary/aromatic N) is 2. The van der Waals surface area contributed by atoms with E-state index in [4.69, 9.17) is 0 Å². The van der Waals surface area contributed by atoms with Gasteiger partial charge in [-0.1, -0.05) is 6.92 Å². The average molecular weight is 377 g/mol. The van der Waals surface area contributed by atoms with Gasteiger partial charge < -0.3 is 14.8 Å². The fourth-order valence-electron chi connectivity index (χ4n) is 2.13. The molecule has 142 valence electrons. The minimum Gasteiger partial charge on any atom is -0.435 e. The fraction of sp³-hybridized carbons (Fsp3) is 0.400. The summed E-state index contributed by atoms with van der Waals surface area (Å²) in [5.74, 6) is -1.52. The second-order valence-electron chi connectivity index (χ2n) is 5.43. The third-order valence-electron chi connectivity index (χ3n) is 3.69. The number of alkyl halides is 4. The Morgan fingerprint density at radius 1 is 1.23 bits per heavy atom. The van der Waals surface area contributed by atoms with E-state index in [9.17, 15) is 27.2 Å². The molecule has 1 fully saturated rings. The Morgan fingerprint density at radius 2 is 1.88 bits per heavy atom. The summed E-state index contributed by atoms with van der Waals surface area (Å²) in [6.45, 7) is -3.16. The fourth-order valence-corrected chi connectivity index (χ4v) is 2.13. The Bertz CT molecular complexity index is 729. The summed E-state index contributed by atoms with van der Waals surface area (Å²) < 4.78 is 57.9. The van der Waals surface area contributed by atoms with Gasteiger partial charge in [0.25, 0.3) is 5.91 Å². The normalized spacial score (nSPS) is 20.4. The number of urea groups is 1. The van der Waals surface area contributed by atoms with Crippen molar-refractivity contribution in [2.24, 2.45) is 5.10 Å². The van der Waals surface area contributed by atoms with Gasteiger partial charge in [-0.3, -0.25) is 4.79 Å². The van der Waals surface area contributed by atoms with Gasteiger partial charge in [-0.2, -0.15) is 22.7 Å². The van der Waals surface area contributed by atoms with Crippen LogP contribution in [-0.4, -0.2) is 41.9 Å². The summed E-state index contributed by atoms with van der Waals surface area (Å²) >= 11 is 0. The molecule has 0 saturated carbocycles. The Hall–Kier alpha value is -2.85. The number of amides is 3. The van der Waals surface area contributed by atoms with Crippen LogP contribution in [0.4, 0.5) is 22.4 Å². The van der Waals surface area contributed by atoms with Crippen molar-refractivity contribution in [2.45, 2.75) is 39.0 Å². The first-order valence-electron chi connectivity index (χ1n) is 7.40. The molecule has 2 rings (SSSR count). The van der Waals surface area contributed by atoms with Gasteiger partial charge >= 0.3 is 19.3 Å². The summed E-state index contributed by atoms with van der Waals surface area (Å²) in [5, 5.41) is 6.71. The van der Waals surface area contributed by atoms with Gasteiger partial charge in [0.1, 0.15) is 17.0 Å². The molecule has 7 nitrogen and oxygen atoms in total. The maximum atomic E-state index is 12.5. The van der Waals surface area contributed by atoms with Gasteiger partial charge in [-0.05, 0) is 25.5 Å². The van der Waals surface area contributed by atoms with Gasteiger partial charge in [-0.25, -0.2) is 4.79 Å². The molecule has 0 unspecified atom stereocenters. The highest BCUT2D eigenvalue weighted by Gasteiger charge is 2.46. The molecule has 26 heavy (non-hydrogen) atoms. The highest BCUT2D eigenvalue weighted by Crippen LogP contribution is 2.27. The lowest BCUT2D eigenvalue weighted by Gasteiger charge is -2.17. The van der Waals surface area contributed by atoms with Crippen LogP contribution < -0.4 is 14.8 Å². The topological polar surface area (TPSA) is 80.2 Å². The molecule has 1 aliphatic heterocycles. The molecule has 1 N–H and O–H groups in total. The van der Waals surface area contributed by atoms with E-state index in [0.717, 1.165) is 24.4 Å². The lowest BCUT2D eigenvalue weighted by Crippen LogP contribution is -2.42. The largest absolute Gasteiger partial charge is 0.435 e. The van der Waals surface area contributed by atoms with Crippen LogP contribution in [0.5, 0.6) is 11.5 Å². The van der Waals surface area contributed by atoms with Crippen LogP contribution in [0.15, 0.2) is 23.3 Å². The molecule has 1 heterocycles. The van der Waals surface area contributed by atoms with E-state index in [0.29, 0.717) is 11.4 Å². The maximum absolute atomic E-state index is 12.5. The molecule has 0 spiro atoms. The predicted octanol–water partition coefficient (Wildman–Crippen LogP) is 2.94. The van der Waals surface area contributed by atoms with Crippen molar-refractivity contribution in [2.75, 3.05) is 0 Å². The highest BCUT2D eigenvalue weighted by molar-refractivity contribution is 6.07. The quantitative estimate of drug-likeness (QED) is 0.450. The monoisotopic (exact) mass is 377 g/mol. The second-order valence-corrected chi connectivity index (χ2v) is 5.43. The van der Waals surface area contributed by atoms with E-state index in [1.165, 1.54) is 6.92 Å². The number of rotatable bonds is 7. The Balaban J connectivity index is 2.28. The summed E-state index contributed by atoms with van der Waals surface area (Å²) in [7, 11) is 0. The standard InChI is InChI=1S/C15H15F4N3O4/c1-3-15(2)11(23)22(14(24)21-15)20-7-8-4-5-9(25-12(16)17)6-10(8)26-13(18)19/h4-7,12-13H,3H2,1-2H3,(H,21,24)/b20-7-/t15-/m1/s1. The van der Waals surface area contributed by atoms with Gasteiger partial charge in [0.15, 0.2) is 0 Å². The molecule has 1 aromatic carbocycles. The van der Waals surface area contributed by atoms with Crippen LogP contribution >= 0.6 is 0 Å². The number of ether oxygens (including phenoxy) is 2. The SMILES string of the molecule is CC[C@@]1(C)NC(=O)N(/N=C\c2ccc(OC(F)F)cc2OC(F)F)C1=O. The highest BCUT2D eigenvalue weighted by atomic mass is 19.3. The number of hydrogen-bond donors (Lipinski definition) is 1. The molecular formula is C15H15F4N3O4. The van der Waals surface area contributed by atoms with E-state index < -0.39 is 42.2 Å². The van der Waals surface area contributed by atoms with Crippen molar-refractivity contribution in [3.8, 4) is 11.5 Å². The zero-order valence-corrected chi connectivity index (χ0v) is 13.7. The predicted molar refractivity (Wildman–Crippen MR) is 81.4 cm³/mol. The van der Waals surface area contributed by atoms with Gasteiger partial charge in [0.2, 0.25) is 0 Å². The summed E-state index contributed by atoms with van der Waals surface area (Å²) in [5.41, 5.74) is -1.19. The number of carbonyl (C=O) groups is 2. The number of carbonyl (C=O) groups excluding carboxylic acids is 2. The van der Waals surface area contributed by atoms with E-state index in [-0.39, 0.29) is 5.56 Å². The summed E-state index contributed by atoms with van der Waals surface area (Å²) in [6, 6.07) is 2.25. The lowest BCUT2D eigenvalue weighted by molar-refractivity contribution is -0.130. The number of halogens is 4. The van der Waals surface area contributed by atoms with Crippen molar-refractivity contribution < 1.29 is 36.6 Å². The van der Waals surface area contributed by atoms with Crippen molar-refractivity contribution in [3.63, 3.8) is 0 Å². The molecule has 0 aliphatic carbocycles. The smallest absolute Gasteiger partial charge is 0.387 e. The summed E-state index contributed by atoms with van der Waals surface area (Å²) in [6.07, 6.45) is 1.26. The molecule has 0 aromatic heterocycles. The van der Waals surface area contributed by atoms with Gasteiger partial charge in [-0.15, -0.1) is 5.01 Å². The maximum Gasteiger partial charge on any atom is 0.387 e. The lowest BCUT2D eigenvalue weighted by atomic mass is 10.00. The van der Waals surface area contributed by atoms with Gasteiger partial charge in [0, 0.05) is 11.6 Å². The molecule has 11 heteroatoms. The van der Waals surface area contributed by atoms with Crippen LogP contribution in [0.2, 0.25) is 0 Å². The van der Waals surface area contributed by atoms with Crippen LogP contribution in [0.3, 0.4) is 0 Å². The van der Waals surface area contributed by atoms with Crippen molar-refractivity contribution in [1.29, 1.82) is 0 Å². The number of benzene rings is 1. The number of nitrogens with one attached hydrogen (secondary N) is 1. The molecule has 1 atom stereocenters. The molecule has 1 aromatic rings. The zero-order valence-electron chi connectivity index (χ0n) is 13.7. The van der Waals surface area contributed by atoms with Crippen LogP contribution in [-0.2, 0) is 4.79 Å². The van der Waals surface area contributed by atoms with E-state index in [1.807, 2.05) is 0 Å². The Morgan fingerprint density at radius 3 is 2.42 bits per heavy atom. The third kappa shape index (κ3) is 4.21. The first-order chi connectivity index (χ1) is 12.2. The molecule has 0 radical (unpaired) electrons. The van der Waals surface area contributed by atoms with E-state index in [2.05, 4.69) is 19.9 Å². The Labute approximate surface area is 145 Å². The zero-order chi connectivity index (χ0) is 19.5. The molecule has 1 saturated heterocycles. The van der Waals surface area contributed by atoms with Crippen LogP contribution in [0.1, 0.15) is 25.8 Å².